The number of anilines is 3. The SMILES string of the molecule is O=C(NC(C/C=C/c1ccc(N(c2ccccc2)c2ncccn2)cc1)C(=O)O)c1c(Cl)cccc1Cl.[H-].[Na+]. The number of carbonyl (C=O) groups excluding carboxylic acids is 1. The van der Waals surface area contributed by atoms with Gasteiger partial charge in [-0.25, -0.2) is 14.8 Å². The maximum Gasteiger partial charge on any atom is 1.00 e. The molecule has 0 spiro atoms. The van der Waals surface area contributed by atoms with Gasteiger partial charge in [-0.1, -0.05) is 71.8 Å². The summed E-state index contributed by atoms with van der Waals surface area (Å²) in [5.41, 5.74) is 2.68. The maximum atomic E-state index is 12.6. The third-order valence-electron chi connectivity index (χ3n) is 5.39. The Morgan fingerprint density at radius 2 is 1.50 bits per heavy atom. The number of benzene rings is 3. The number of rotatable bonds is 9. The van der Waals surface area contributed by atoms with Crippen LogP contribution >= 0.6 is 23.2 Å². The van der Waals surface area contributed by atoms with E-state index in [1.807, 2.05) is 59.5 Å². The van der Waals surface area contributed by atoms with Crippen molar-refractivity contribution in [3.8, 4) is 0 Å². The number of halogens is 2. The summed E-state index contributed by atoms with van der Waals surface area (Å²) in [7, 11) is 0. The largest absolute Gasteiger partial charge is 1.00 e. The molecular weight excluding hydrogens is 534 g/mol. The molecule has 0 saturated carbocycles. The molecule has 0 saturated heterocycles. The molecule has 0 aliphatic heterocycles. The molecule has 0 fully saturated rings. The Hall–Kier alpha value is -3.20. The number of carbonyl (C=O) groups is 2. The summed E-state index contributed by atoms with van der Waals surface area (Å²) in [4.78, 5) is 35.0. The fourth-order valence-corrected chi connectivity index (χ4v) is 4.17. The number of amides is 1. The van der Waals surface area contributed by atoms with E-state index in [0.29, 0.717) is 5.95 Å². The molecule has 38 heavy (non-hydrogen) atoms. The number of nitrogens with one attached hydrogen (secondary N) is 1. The summed E-state index contributed by atoms with van der Waals surface area (Å²) in [5.74, 6) is -1.28. The van der Waals surface area contributed by atoms with Crippen LogP contribution in [0.4, 0.5) is 17.3 Å². The Morgan fingerprint density at radius 1 is 0.895 bits per heavy atom. The van der Waals surface area contributed by atoms with E-state index in [1.54, 1.807) is 36.7 Å². The van der Waals surface area contributed by atoms with Crippen LogP contribution < -0.4 is 39.8 Å². The molecule has 1 atom stereocenters. The molecule has 0 bridgehead atoms. The van der Waals surface area contributed by atoms with E-state index in [0.717, 1.165) is 16.9 Å². The van der Waals surface area contributed by atoms with Crippen LogP contribution in [-0.4, -0.2) is 33.0 Å². The molecule has 4 rings (SSSR count). The summed E-state index contributed by atoms with van der Waals surface area (Å²) in [6.45, 7) is 0. The van der Waals surface area contributed by atoms with Gasteiger partial charge in [0.05, 0.1) is 15.6 Å². The zero-order valence-electron chi connectivity index (χ0n) is 21.5. The summed E-state index contributed by atoms with van der Waals surface area (Å²) in [6.07, 6.45) is 6.93. The first-order valence-electron chi connectivity index (χ1n) is 11.3. The minimum Gasteiger partial charge on any atom is -1.00 e. The van der Waals surface area contributed by atoms with Gasteiger partial charge in [-0.05, 0) is 54.4 Å². The van der Waals surface area contributed by atoms with E-state index in [-0.39, 0.29) is 53.0 Å². The van der Waals surface area contributed by atoms with Gasteiger partial charge >= 0.3 is 35.5 Å². The van der Waals surface area contributed by atoms with Crippen LogP contribution in [0.3, 0.4) is 0 Å². The maximum absolute atomic E-state index is 12.6. The number of carboxylic acid groups (broad SMARTS) is 1. The fraction of sp³-hybridized carbons (Fsp3) is 0.0714. The molecule has 188 valence electrons. The monoisotopic (exact) mass is 556 g/mol. The standard InChI is InChI=1S/C28H22Cl2N4O3.Na.H/c29-22-10-5-11-23(30)25(22)26(35)33-24(27(36)37)12-4-7-19-13-15-21(16-14-19)34(20-8-2-1-3-9-20)28-31-17-6-18-32-28;;/h1-11,13-18,24H,12H2,(H,33,35)(H,36,37);;/q;+1;-1/b7-4+;;. The van der Waals surface area contributed by atoms with Crippen molar-refractivity contribution in [3.05, 3.63) is 119 Å². The number of hydrogen-bond acceptors (Lipinski definition) is 5. The summed E-state index contributed by atoms with van der Waals surface area (Å²) in [5, 5.41) is 12.4. The minimum absolute atomic E-state index is 0. The van der Waals surface area contributed by atoms with E-state index >= 15 is 0 Å². The second kappa shape index (κ2) is 14.1. The number of aromatic nitrogens is 2. The van der Waals surface area contributed by atoms with Gasteiger partial charge in [0.25, 0.3) is 5.91 Å². The number of hydrogen-bond donors (Lipinski definition) is 2. The van der Waals surface area contributed by atoms with Crippen LogP contribution in [-0.2, 0) is 4.79 Å². The normalized spacial score (nSPS) is 11.4. The Balaban J connectivity index is 0.00000267. The Kier molecular flexibility index (Phi) is 10.9. The predicted octanol–water partition coefficient (Wildman–Crippen LogP) is 3.66. The Bertz CT molecular complexity index is 1350. The molecule has 1 aromatic heterocycles. The first-order valence-corrected chi connectivity index (χ1v) is 12.1. The average molecular weight is 557 g/mol. The first-order chi connectivity index (χ1) is 17.9. The van der Waals surface area contributed by atoms with Crippen LogP contribution in [0, 0.1) is 0 Å². The number of aliphatic carboxylic acids is 1. The molecular formula is C28H23Cl2N4NaO3. The van der Waals surface area contributed by atoms with E-state index < -0.39 is 17.9 Å². The van der Waals surface area contributed by atoms with Gasteiger partial charge in [-0.15, -0.1) is 0 Å². The smallest absolute Gasteiger partial charge is 1.00 e. The zero-order chi connectivity index (χ0) is 26.2. The molecule has 7 nitrogen and oxygen atoms in total. The van der Waals surface area contributed by atoms with Gasteiger partial charge in [0, 0.05) is 23.8 Å². The molecule has 0 aliphatic rings. The quantitative estimate of drug-likeness (QED) is 0.305. The molecule has 1 heterocycles. The van der Waals surface area contributed by atoms with Crippen molar-refractivity contribution >= 4 is 58.5 Å². The predicted molar refractivity (Wildman–Crippen MR) is 147 cm³/mol. The van der Waals surface area contributed by atoms with E-state index in [4.69, 9.17) is 23.2 Å². The number of nitrogens with zero attached hydrogens (tertiary/aromatic N) is 3. The molecule has 1 unspecified atom stereocenters. The number of carboxylic acids is 1. The topological polar surface area (TPSA) is 95.4 Å². The van der Waals surface area contributed by atoms with E-state index in [2.05, 4.69) is 15.3 Å². The van der Waals surface area contributed by atoms with Gasteiger partial charge in [0.15, 0.2) is 0 Å². The number of para-hydroxylation sites is 1. The molecule has 0 radical (unpaired) electrons. The second-order valence-electron chi connectivity index (χ2n) is 7.91. The van der Waals surface area contributed by atoms with Gasteiger partial charge < -0.3 is 11.8 Å². The molecule has 2 N–H and O–H groups in total. The van der Waals surface area contributed by atoms with Crippen LogP contribution in [0.1, 0.15) is 23.8 Å². The summed E-state index contributed by atoms with van der Waals surface area (Å²) < 4.78 is 0. The van der Waals surface area contributed by atoms with Crippen LogP contribution in [0.5, 0.6) is 0 Å². The van der Waals surface area contributed by atoms with Crippen LogP contribution in [0.2, 0.25) is 10.0 Å². The van der Waals surface area contributed by atoms with Crippen molar-refractivity contribution < 1.29 is 45.7 Å². The van der Waals surface area contributed by atoms with E-state index in [1.165, 1.54) is 12.1 Å². The van der Waals surface area contributed by atoms with Crippen LogP contribution in [0.15, 0.2) is 97.3 Å². The molecule has 4 aromatic rings. The van der Waals surface area contributed by atoms with Gasteiger partial charge in [-0.3, -0.25) is 9.69 Å². The van der Waals surface area contributed by atoms with E-state index in [9.17, 15) is 14.7 Å². The third kappa shape index (κ3) is 7.43. The average Bonchev–Trinajstić information content (AvgIpc) is 2.90. The molecule has 3 aromatic carbocycles. The van der Waals surface area contributed by atoms with Crippen molar-refractivity contribution in [3.63, 3.8) is 0 Å². The zero-order valence-corrected chi connectivity index (χ0v) is 24.0. The third-order valence-corrected chi connectivity index (χ3v) is 6.02. The van der Waals surface area contributed by atoms with Crippen molar-refractivity contribution in [2.75, 3.05) is 4.90 Å². The summed E-state index contributed by atoms with van der Waals surface area (Å²) >= 11 is 12.1. The van der Waals surface area contributed by atoms with Gasteiger partial charge in [-0.2, -0.15) is 0 Å². The summed E-state index contributed by atoms with van der Waals surface area (Å²) in [6, 6.07) is 22.7. The van der Waals surface area contributed by atoms with Gasteiger partial charge in [0.1, 0.15) is 6.04 Å². The Morgan fingerprint density at radius 3 is 2.11 bits per heavy atom. The second-order valence-corrected chi connectivity index (χ2v) is 8.72. The minimum atomic E-state index is -1.17. The Labute approximate surface area is 253 Å². The van der Waals surface area contributed by atoms with Crippen molar-refractivity contribution in [2.24, 2.45) is 0 Å². The molecule has 10 heteroatoms. The van der Waals surface area contributed by atoms with Gasteiger partial charge in [0.2, 0.25) is 5.95 Å². The molecule has 0 aliphatic carbocycles. The molecule has 1 amide bonds. The fourth-order valence-electron chi connectivity index (χ4n) is 3.61. The van der Waals surface area contributed by atoms with Crippen LogP contribution in [0.25, 0.3) is 6.08 Å². The first kappa shape index (κ1) is 29.4. The van der Waals surface area contributed by atoms with Crippen molar-refractivity contribution in [1.29, 1.82) is 0 Å². The van der Waals surface area contributed by atoms with Crippen molar-refractivity contribution in [2.45, 2.75) is 12.5 Å². The van der Waals surface area contributed by atoms with Crippen molar-refractivity contribution in [1.82, 2.24) is 15.3 Å².